The van der Waals surface area contributed by atoms with Crippen LogP contribution >= 0.6 is 0 Å². The van der Waals surface area contributed by atoms with E-state index in [1.807, 2.05) is 4.90 Å². The molecule has 0 N–H and O–H groups in total. The van der Waals surface area contributed by atoms with Crippen molar-refractivity contribution in [2.45, 2.75) is 38.1 Å². The minimum atomic E-state index is 0.0927. The maximum atomic E-state index is 12.3. The Balaban J connectivity index is 1.22. The average molecular weight is 360 g/mol. The van der Waals surface area contributed by atoms with Crippen LogP contribution in [0.25, 0.3) is 0 Å². The van der Waals surface area contributed by atoms with Gasteiger partial charge in [0, 0.05) is 38.2 Å². The second-order valence-corrected chi connectivity index (χ2v) is 7.80. The maximum absolute atomic E-state index is 12.3. The molecule has 7 nitrogen and oxygen atoms in total. The molecule has 3 fully saturated rings. The molecule has 4 rings (SSSR count). The van der Waals surface area contributed by atoms with Crippen molar-refractivity contribution in [3.8, 4) is 0 Å². The predicted octanol–water partition coefficient (Wildman–Crippen LogP) is 0.692. The fourth-order valence-corrected chi connectivity index (χ4v) is 3.90. The maximum Gasteiger partial charge on any atom is 0.253 e. The normalized spacial score (nSPS) is 22.8. The Bertz CT molecular complexity index is 692. The summed E-state index contributed by atoms with van der Waals surface area (Å²) >= 11 is 0. The van der Waals surface area contributed by atoms with Gasteiger partial charge in [0.05, 0.1) is 18.6 Å². The fourth-order valence-electron chi connectivity index (χ4n) is 3.90. The van der Waals surface area contributed by atoms with Gasteiger partial charge in [0.2, 0.25) is 5.91 Å². The van der Waals surface area contributed by atoms with Gasteiger partial charge in [-0.3, -0.25) is 14.2 Å². The van der Waals surface area contributed by atoms with E-state index in [-0.39, 0.29) is 18.1 Å². The molecule has 7 heteroatoms. The first kappa shape index (κ1) is 17.7. The van der Waals surface area contributed by atoms with Crippen molar-refractivity contribution in [2.75, 3.05) is 45.9 Å². The molecule has 2 aliphatic heterocycles. The standard InChI is InChI=1S/C19H28N4O3/c24-18-11-17(16-1-2-16)20-14-23(18)12-15-3-5-21(6-4-15)7-8-22-9-10-26-13-19(22)25/h11,14-16H,1-10,12-13H2. The van der Waals surface area contributed by atoms with Crippen LogP contribution in [-0.4, -0.2) is 71.2 Å². The van der Waals surface area contributed by atoms with E-state index in [1.165, 1.54) is 12.8 Å². The van der Waals surface area contributed by atoms with Crippen LogP contribution in [0.1, 0.15) is 37.3 Å². The zero-order valence-corrected chi connectivity index (χ0v) is 15.3. The zero-order chi connectivity index (χ0) is 17.9. The molecule has 0 spiro atoms. The summed E-state index contributed by atoms with van der Waals surface area (Å²) in [7, 11) is 0. The van der Waals surface area contributed by atoms with Gasteiger partial charge >= 0.3 is 0 Å². The number of piperidine rings is 1. The highest BCUT2D eigenvalue weighted by Crippen LogP contribution is 2.38. The van der Waals surface area contributed by atoms with Crippen LogP contribution in [0.4, 0.5) is 0 Å². The monoisotopic (exact) mass is 360 g/mol. The third-order valence-electron chi connectivity index (χ3n) is 5.83. The van der Waals surface area contributed by atoms with Crippen LogP contribution in [-0.2, 0) is 16.1 Å². The van der Waals surface area contributed by atoms with E-state index in [1.54, 1.807) is 17.0 Å². The van der Waals surface area contributed by atoms with Gasteiger partial charge in [-0.15, -0.1) is 0 Å². The molecule has 0 aromatic carbocycles. The number of hydrogen-bond donors (Lipinski definition) is 0. The van der Waals surface area contributed by atoms with Crippen LogP contribution in [0.2, 0.25) is 0 Å². The molecule has 2 saturated heterocycles. The first-order chi connectivity index (χ1) is 12.7. The number of hydrogen-bond acceptors (Lipinski definition) is 5. The Hall–Kier alpha value is -1.73. The van der Waals surface area contributed by atoms with Crippen LogP contribution < -0.4 is 5.56 Å². The van der Waals surface area contributed by atoms with E-state index in [0.29, 0.717) is 25.0 Å². The van der Waals surface area contributed by atoms with Crippen molar-refractivity contribution in [2.24, 2.45) is 5.92 Å². The first-order valence-corrected chi connectivity index (χ1v) is 9.83. The van der Waals surface area contributed by atoms with Crippen molar-refractivity contribution in [1.82, 2.24) is 19.4 Å². The molecule has 0 radical (unpaired) electrons. The van der Waals surface area contributed by atoms with E-state index in [2.05, 4.69) is 9.88 Å². The van der Waals surface area contributed by atoms with Gasteiger partial charge in [-0.05, 0) is 44.7 Å². The number of nitrogens with zero attached hydrogens (tertiary/aromatic N) is 4. The van der Waals surface area contributed by atoms with E-state index < -0.39 is 0 Å². The lowest BCUT2D eigenvalue weighted by Gasteiger charge is -2.34. The number of carbonyl (C=O) groups is 1. The molecule has 0 bridgehead atoms. The quantitative estimate of drug-likeness (QED) is 0.747. The SMILES string of the molecule is O=C1COCCN1CCN1CCC(Cn2cnc(C3CC3)cc2=O)CC1. The topological polar surface area (TPSA) is 67.7 Å². The Morgan fingerprint density at radius 1 is 1.08 bits per heavy atom. The number of morpholine rings is 1. The van der Waals surface area contributed by atoms with E-state index in [0.717, 1.165) is 51.3 Å². The van der Waals surface area contributed by atoms with Crippen molar-refractivity contribution in [3.63, 3.8) is 0 Å². The highest BCUT2D eigenvalue weighted by atomic mass is 16.5. The van der Waals surface area contributed by atoms with Crippen molar-refractivity contribution in [1.29, 1.82) is 0 Å². The third kappa shape index (κ3) is 4.32. The van der Waals surface area contributed by atoms with Gasteiger partial charge in [0.1, 0.15) is 6.61 Å². The Morgan fingerprint density at radius 3 is 2.58 bits per heavy atom. The number of likely N-dealkylation sites (tertiary alicyclic amines) is 1. The summed E-state index contributed by atoms with van der Waals surface area (Å²) in [5.74, 6) is 1.16. The van der Waals surface area contributed by atoms with Crippen molar-refractivity contribution < 1.29 is 9.53 Å². The number of rotatable bonds is 6. The molecule has 1 aromatic rings. The fraction of sp³-hybridized carbons (Fsp3) is 0.737. The summed E-state index contributed by atoms with van der Waals surface area (Å²) in [4.78, 5) is 32.9. The molecule has 3 heterocycles. The molecule has 26 heavy (non-hydrogen) atoms. The summed E-state index contributed by atoms with van der Waals surface area (Å²) in [5, 5.41) is 0. The van der Waals surface area contributed by atoms with Gasteiger partial charge in [0.15, 0.2) is 0 Å². The molecule has 0 unspecified atom stereocenters. The highest BCUT2D eigenvalue weighted by molar-refractivity contribution is 5.77. The summed E-state index contributed by atoms with van der Waals surface area (Å²) in [6, 6.07) is 1.73. The summed E-state index contributed by atoms with van der Waals surface area (Å²) in [5.41, 5.74) is 1.06. The Labute approximate surface area is 153 Å². The molecule has 1 saturated carbocycles. The molecule has 3 aliphatic rings. The van der Waals surface area contributed by atoms with Crippen molar-refractivity contribution >= 4 is 5.91 Å². The van der Waals surface area contributed by atoms with Crippen LogP contribution in [0.3, 0.4) is 0 Å². The second kappa shape index (κ2) is 7.88. The zero-order valence-electron chi connectivity index (χ0n) is 15.3. The first-order valence-electron chi connectivity index (χ1n) is 9.83. The largest absolute Gasteiger partial charge is 0.370 e. The smallest absolute Gasteiger partial charge is 0.253 e. The summed E-state index contributed by atoms with van der Waals surface area (Å²) in [6.07, 6.45) is 6.27. The minimum absolute atomic E-state index is 0.0927. The lowest BCUT2D eigenvalue weighted by molar-refractivity contribution is -0.142. The molecular weight excluding hydrogens is 332 g/mol. The lowest BCUT2D eigenvalue weighted by atomic mass is 9.96. The molecule has 1 aliphatic carbocycles. The Morgan fingerprint density at radius 2 is 1.88 bits per heavy atom. The third-order valence-corrected chi connectivity index (χ3v) is 5.83. The van der Waals surface area contributed by atoms with Gasteiger partial charge in [-0.1, -0.05) is 0 Å². The van der Waals surface area contributed by atoms with Gasteiger partial charge in [-0.2, -0.15) is 0 Å². The molecule has 142 valence electrons. The average Bonchev–Trinajstić information content (AvgIpc) is 3.49. The van der Waals surface area contributed by atoms with Crippen LogP contribution in [0.5, 0.6) is 0 Å². The number of amides is 1. The number of aromatic nitrogens is 2. The second-order valence-electron chi connectivity index (χ2n) is 7.80. The molecule has 1 amide bonds. The van der Waals surface area contributed by atoms with Crippen LogP contribution in [0.15, 0.2) is 17.2 Å². The number of ether oxygens (including phenoxy) is 1. The summed E-state index contributed by atoms with van der Waals surface area (Å²) < 4.78 is 6.95. The molecular formula is C19H28N4O3. The summed E-state index contributed by atoms with van der Waals surface area (Å²) in [6.45, 7) is 6.14. The Kier molecular flexibility index (Phi) is 5.36. The van der Waals surface area contributed by atoms with Gasteiger partial charge < -0.3 is 14.5 Å². The van der Waals surface area contributed by atoms with Gasteiger partial charge in [0.25, 0.3) is 5.56 Å². The van der Waals surface area contributed by atoms with Gasteiger partial charge in [-0.25, -0.2) is 4.98 Å². The van der Waals surface area contributed by atoms with E-state index in [4.69, 9.17) is 4.74 Å². The van der Waals surface area contributed by atoms with Crippen molar-refractivity contribution in [3.05, 3.63) is 28.4 Å². The predicted molar refractivity (Wildman–Crippen MR) is 97.0 cm³/mol. The van der Waals surface area contributed by atoms with E-state index in [9.17, 15) is 9.59 Å². The van der Waals surface area contributed by atoms with Crippen LogP contribution in [0, 0.1) is 5.92 Å². The van der Waals surface area contributed by atoms with E-state index >= 15 is 0 Å². The molecule has 0 atom stereocenters. The minimum Gasteiger partial charge on any atom is -0.370 e. The highest BCUT2D eigenvalue weighted by Gasteiger charge is 2.26. The molecule has 1 aromatic heterocycles. The lowest BCUT2D eigenvalue weighted by Crippen LogP contribution is -2.46. The number of carbonyl (C=O) groups excluding carboxylic acids is 1.